The van der Waals surface area contributed by atoms with Crippen LogP contribution in [0.2, 0.25) is 0 Å². The average Bonchev–Trinajstić information content (AvgIpc) is 3.21. The zero-order valence-corrected chi connectivity index (χ0v) is 17.4. The predicted molar refractivity (Wildman–Crippen MR) is 113 cm³/mol. The first kappa shape index (κ1) is 19.3. The van der Waals surface area contributed by atoms with E-state index in [1.165, 1.54) is 23.0 Å². The molecular weight excluding hydrogens is 392 g/mol. The molecule has 0 bridgehead atoms. The van der Waals surface area contributed by atoms with Crippen LogP contribution in [-0.2, 0) is 14.1 Å². The lowest BCUT2D eigenvalue weighted by Crippen LogP contribution is -2.48. The van der Waals surface area contributed by atoms with Crippen LogP contribution in [-0.4, -0.2) is 53.2 Å². The first-order valence-electron chi connectivity index (χ1n) is 9.29. The summed E-state index contributed by atoms with van der Waals surface area (Å²) < 4.78 is 7.92. The second-order valence-electron chi connectivity index (χ2n) is 6.99. The molecule has 1 aliphatic rings. The molecule has 1 aliphatic heterocycles. The number of amides is 1. The van der Waals surface area contributed by atoms with E-state index in [0.717, 1.165) is 16.0 Å². The number of methoxy groups -OCH3 is 1. The van der Waals surface area contributed by atoms with Gasteiger partial charge in [-0.1, -0.05) is 12.1 Å². The molecule has 0 saturated carbocycles. The summed E-state index contributed by atoms with van der Waals surface area (Å²) in [6.07, 6.45) is 0. The fraction of sp³-hybridized carbons (Fsp3) is 0.350. The highest BCUT2D eigenvalue weighted by molar-refractivity contribution is 7.20. The molecule has 9 heteroatoms. The summed E-state index contributed by atoms with van der Waals surface area (Å²) in [6.45, 7) is 2.53. The Kier molecular flexibility index (Phi) is 4.91. The van der Waals surface area contributed by atoms with Crippen molar-refractivity contribution < 1.29 is 9.53 Å². The number of aryl methyl sites for hydroxylation is 1. The standard InChI is InChI=1S/C20H22N4O4S/c1-21-17(25)13-12-16(29-19(13)22(2)20(21)27)18(26)24-10-8-23(9-11-24)14-6-4-5-7-15(14)28-3/h4-7,12H,8-11H2,1-3H3. The van der Waals surface area contributed by atoms with Gasteiger partial charge in [-0.05, 0) is 18.2 Å². The number of hydrogen-bond donors (Lipinski definition) is 0. The minimum absolute atomic E-state index is 0.111. The number of fused-ring (bicyclic) bond motifs is 1. The second-order valence-corrected chi connectivity index (χ2v) is 8.02. The van der Waals surface area contributed by atoms with E-state index in [2.05, 4.69) is 4.90 Å². The Hall–Kier alpha value is -3.07. The van der Waals surface area contributed by atoms with Crippen molar-refractivity contribution in [1.82, 2.24) is 14.0 Å². The summed E-state index contributed by atoms with van der Waals surface area (Å²) in [5.74, 6) is 0.703. The Morgan fingerprint density at radius 1 is 1.03 bits per heavy atom. The van der Waals surface area contributed by atoms with E-state index in [0.29, 0.717) is 41.3 Å². The summed E-state index contributed by atoms with van der Waals surface area (Å²) in [4.78, 5) is 42.5. The van der Waals surface area contributed by atoms with Crippen LogP contribution in [0.5, 0.6) is 5.75 Å². The Balaban J connectivity index is 1.56. The van der Waals surface area contributed by atoms with Crippen molar-refractivity contribution in [1.29, 1.82) is 0 Å². The smallest absolute Gasteiger partial charge is 0.331 e. The molecule has 4 rings (SSSR count). The number of thiophene rings is 1. The zero-order valence-electron chi connectivity index (χ0n) is 16.5. The monoisotopic (exact) mass is 414 g/mol. The number of nitrogens with zero attached hydrogens (tertiary/aromatic N) is 4. The molecule has 1 fully saturated rings. The van der Waals surface area contributed by atoms with E-state index in [4.69, 9.17) is 4.74 Å². The summed E-state index contributed by atoms with van der Waals surface area (Å²) in [6, 6.07) is 9.45. The minimum Gasteiger partial charge on any atom is -0.495 e. The Morgan fingerprint density at radius 2 is 1.72 bits per heavy atom. The van der Waals surface area contributed by atoms with Crippen LogP contribution in [0.3, 0.4) is 0 Å². The van der Waals surface area contributed by atoms with Gasteiger partial charge >= 0.3 is 5.69 Å². The van der Waals surface area contributed by atoms with E-state index in [-0.39, 0.29) is 11.5 Å². The highest BCUT2D eigenvalue weighted by atomic mass is 32.1. The lowest BCUT2D eigenvalue weighted by molar-refractivity contribution is 0.0751. The number of rotatable bonds is 3. The van der Waals surface area contributed by atoms with Gasteiger partial charge in [0.15, 0.2) is 0 Å². The maximum atomic E-state index is 13.0. The van der Waals surface area contributed by atoms with E-state index >= 15 is 0 Å². The number of aromatic nitrogens is 2. The van der Waals surface area contributed by atoms with Crippen molar-refractivity contribution in [3.05, 3.63) is 56.0 Å². The number of carbonyl (C=O) groups excluding carboxylic acids is 1. The minimum atomic E-state index is -0.395. The summed E-state index contributed by atoms with van der Waals surface area (Å²) in [5, 5.41) is 0.399. The third-order valence-electron chi connectivity index (χ3n) is 5.33. The molecule has 1 saturated heterocycles. The third kappa shape index (κ3) is 3.21. The summed E-state index contributed by atoms with van der Waals surface area (Å²) >= 11 is 1.19. The van der Waals surface area contributed by atoms with Crippen molar-refractivity contribution in [3.8, 4) is 5.75 Å². The van der Waals surface area contributed by atoms with E-state index in [9.17, 15) is 14.4 Å². The van der Waals surface area contributed by atoms with Crippen LogP contribution < -0.4 is 20.9 Å². The third-order valence-corrected chi connectivity index (χ3v) is 6.53. The zero-order chi connectivity index (χ0) is 20.7. The first-order chi connectivity index (χ1) is 13.9. The summed E-state index contributed by atoms with van der Waals surface area (Å²) in [7, 11) is 4.71. The van der Waals surface area contributed by atoms with Gasteiger partial charge in [0.1, 0.15) is 10.6 Å². The maximum absolute atomic E-state index is 13.0. The van der Waals surface area contributed by atoms with Gasteiger partial charge in [0.05, 0.1) is 23.1 Å². The lowest BCUT2D eigenvalue weighted by atomic mass is 10.2. The van der Waals surface area contributed by atoms with Crippen molar-refractivity contribution in [2.24, 2.45) is 14.1 Å². The summed E-state index contributed by atoms with van der Waals surface area (Å²) in [5.41, 5.74) is 0.246. The molecule has 0 N–H and O–H groups in total. The number of hydrogen-bond acceptors (Lipinski definition) is 6. The van der Waals surface area contributed by atoms with Crippen LogP contribution in [0.25, 0.3) is 10.2 Å². The van der Waals surface area contributed by atoms with Crippen LogP contribution in [0.1, 0.15) is 9.67 Å². The molecule has 3 aromatic rings. The van der Waals surface area contributed by atoms with Gasteiger partial charge in [-0.25, -0.2) is 4.79 Å². The molecule has 8 nitrogen and oxygen atoms in total. The number of para-hydroxylation sites is 2. The Morgan fingerprint density at radius 3 is 2.41 bits per heavy atom. The van der Waals surface area contributed by atoms with E-state index < -0.39 is 5.69 Å². The molecule has 0 radical (unpaired) electrons. The van der Waals surface area contributed by atoms with E-state index in [1.54, 1.807) is 25.1 Å². The van der Waals surface area contributed by atoms with Gasteiger partial charge in [-0.15, -0.1) is 11.3 Å². The van der Waals surface area contributed by atoms with Crippen LogP contribution in [0.4, 0.5) is 5.69 Å². The predicted octanol–water partition coefficient (Wildman–Crippen LogP) is 1.27. The fourth-order valence-corrected chi connectivity index (χ4v) is 4.74. The van der Waals surface area contributed by atoms with Crippen molar-refractivity contribution in [2.45, 2.75) is 0 Å². The molecular formula is C20H22N4O4S. The Labute approximate surface area is 171 Å². The molecule has 152 valence electrons. The quantitative estimate of drug-likeness (QED) is 0.645. The highest BCUT2D eigenvalue weighted by Gasteiger charge is 2.26. The van der Waals surface area contributed by atoms with Gasteiger partial charge in [-0.2, -0.15) is 0 Å². The lowest BCUT2D eigenvalue weighted by Gasteiger charge is -2.36. The maximum Gasteiger partial charge on any atom is 0.331 e. The highest BCUT2D eigenvalue weighted by Crippen LogP contribution is 2.29. The molecule has 1 aromatic carbocycles. The molecule has 0 aliphatic carbocycles. The van der Waals surface area contributed by atoms with Gasteiger partial charge in [0.2, 0.25) is 0 Å². The molecule has 29 heavy (non-hydrogen) atoms. The van der Waals surface area contributed by atoms with Crippen LogP contribution in [0, 0.1) is 0 Å². The van der Waals surface area contributed by atoms with Gasteiger partial charge in [0, 0.05) is 40.3 Å². The molecule has 2 aromatic heterocycles. The van der Waals surface area contributed by atoms with Gasteiger partial charge < -0.3 is 14.5 Å². The molecule has 0 spiro atoms. The fourth-order valence-electron chi connectivity index (χ4n) is 3.67. The second kappa shape index (κ2) is 7.40. The largest absolute Gasteiger partial charge is 0.495 e. The molecule has 3 heterocycles. The number of piperazine rings is 1. The Bertz CT molecular complexity index is 1200. The molecule has 0 atom stereocenters. The van der Waals surface area contributed by atoms with Gasteiger partial charge in [0.25, 0.3) is 11.5 Å². The topological polar surface area (TPSA) is 76.8 Å². The number of benzene rings is 1. The van der Waals surface area contributed by atoms with E-state index in [1.807, 2.05) is 24.3 Å². The van der Waals surface area contributed by atoms with Gasteiger partial charge in [-0.3, -0.25) is 18.7 Å². The number of carbonyl (C=O) groups is 1. The number of ether oxygens (including phenoxy) is 1. The van der Waals surface area contributed by atoms with Crippen molar-refractivity contribution in [2.75, 3.05) is 38.2 Å². The number of anilines is 1. The average molecular weight is 414 g/mol. The molecule has 1 amide bonds. The molecule has 0 unspecified atom stereocenters. The first-order valence-corrected chi connectivity index (χ1v) is 10.1. The van der Waals surface area contributed by atoms with Crippen LogP contribution >= 0.6 is 11.3 Å². The van der Waals surface area contributed by atoms with Crippen LogP contribution in [0.15, 0.2) is 39.9 Å². The van der Waals surface area contributed by atoms with Crippen molar-refractivity contribution in [3.63, 3.8) is 0 Å². The SMILES string of the molecule is COc1ccccc1N1CCN(C(=O)c2cc3c(=O)n(C)c(=O)n(C)c3s2)CC1. The van der Waals surface area contributed by atoms with Crippen molar-refractivity contribution >= 4 is 33.1 Å². The normalized spacial score (nSPS) is 14.4.